The van der Waals surface area contributed by atoms with Gasteiger partial charge in [0.1, 0.15) is 12.4 Å². The minimum Gasteiger partial charge on any atom is -0.492 e. The Hall–Kier alpha value is -1.59. The van der Waals surface area contributed by atoms with Crippen LogP contribution in [0.2, 0.25) is 5.02 Å². The molecular formula is C18H26ClIN6O2. The fraction of sp³-hybridized carbons (Fsp3) is 0.500. The van der Waals surface area contributed by atoms with Crippen LogP contribution in [0.25, 0.3) is 0 Å². The van der Waals surface area contributed by atoms with Crippen LogP contribution < -0.4 is 10.1 Å². The Balaban J connectivity index is 0.00000280. The van der Waals surface area contributed by atoms with E-state index in [0.717, 1.165) is 49.5 Å². The molecule has 2 heterocycles. The smallest absolute Gasteiger partial charge is 0.223 e. The normalized spacial score (nSPS) is 15.2. The zero-order chi connectivity index (χ0) is 19.1. The van der Waals surface area contributed by atoms with Crippen LogP contribution in [-0.2, 0) is 6.54 Å². The number of ether oxygens (including phenoxy) is 1. The van der Waals surface area contributed by atoms with Crippen LogP contribution in [0, 0.1) is 6.92 Å². The maximum Gasteiger partial charge on any atom is 0.223 e. The largest absolute Gasteiger partial charge is 0.492 e. The molecule has 0 spiro atoms. The summed E-state index contributed by atoms with van der Waals surface area (Å²) in [4.78, 5) is 13.2. The van der Waals surface area contributed by atoms with Crippen LogP contribution in [-0.4, -0.2) is 72.3 Å². The van der Waals surface area contributed by atoms with Gasteiger partial charge in [0.15, 0.2) is 11.8 Å². The molecule has 0 radical (unpaired) electrons. The van der Waals surface area contributed by atoms with E-state index >= 15 is 0 Å². The molecule has 0 bridgehead atoms. The van der Waals surface area contributed by atoms with E-state index in [1.165, 1.54) is 0 Å². The third kappa shape index (κ3) is 6.78. The Kier molecular flexibility index (Phi) is 9.26. The first-order valence-corrected chi connectivity index (χ1v) is 9.37. The van der Waals surface area contributed by atoms with Crippen molar-refractivity contribution in [2.75, 3.05) is 46.4 Å². The van der Waals surface area contributed by atoms with E-state index in [9.17, 15) is 0 Å². The molecule has 1 aromatic heterocycles. The number of hydrogen-bond acceptors (Lipinski definition) is 6. The van der Waals surface area contributed by atoms with Gasteiger partial charge in [-0.2, -0.15) is 4.98 Å². The van der Waals surface area contributed by atoms with Crippen LogP contribution >= 0.6 is 35.6 Å². The van der Waals surface area contributed by atoms with Crippen molar-refractivity contribution in [2.24, 2.45) is 4.99 Å². The summed E-state index contributed by atoms with van der Waals surface area (Å²) < 4.78 is 10.8. The number of aromatic nitrogens is 2. The highest BCUT2D eigenvalue weighted by atomic mass is 127. The Morgan fingerprint density at radius 3 is 2.57 bits per heavy atom. The van der Waals surface area contributed by atoms with Gasteiger partial charge >= 0.3 is 0 Å². The fourth-order valence-electron chi connectivity index (χ4n) is 2.91. The lowest BCUT2D eigenvalue weighted by Crippen LogP contribution is -2.52. The molecule has 1 fully saturated rings. The highest BCUT2D eigenvalue weighted by molar-refractivity contribution is 14.0. The van der Waals surface area contributed by atoms with E-state index in [1.807, 2.05) is 24.3 Å². The van der Waals surface area contributed by atoms with Gasteiger partial charge < -0.3 is 19.5 Å². The third-order valence-electron chi connectivity index (χ3n) is 4.35. The number of guanidine groups is 1. The molecule has 0 atom stereocenters. The first-order valence-electron chi connectivity index (χ1n) is 8.99. The van der Waals surface area contributed by atoms with Gasteiger partial charge in [-0.15, -0.1) is 24.0 Å². The van der Waals surface area contributed by atoms with Crippen molar-refractivity contribution in [1.29, 1.82) is 0 Å². The van der Waals surface area contributed by atoms with Crippen LogP contribution in [0.1, 0.15) is 11.7 Å². The molecular weight excluding hydrogens is 495 g/mol. The second-order valence-corrected chi connectivity index (χ2v) is 6.70. The van der Waals surface area contributed by atoms with Crippen molar-refractivity contribution in [3.05, 3.63) is 41.0 Å². The molecule has 1 N–H and O–H groups in total. The Labute approximate surface area is 187 Å². The first kappa shape index (κ1) is 22.7. The Bertz CT molecular complexity index is 747. The van der Waals surface area contributed by atoms with Crippen LogP contribution in [0.5, 0.6) is 5.75 Å². The molecule has 1 aromatic carbocycles. The summed E-state index contributed by atoms with van der Waals surface area (Å²) in [6.45, 7) is 7.58. The van der Waals surface area contributed by atoms with Gasteiger partial charge in [0.05, 0.1) is 6.54 Å². The van der Waals surface area contributed by atoms with Gasteiger partial charge in [0, 0.05) is 51.7 Å². The summed E-state index contributed by atoms with van der Waals surface area (Å²) in [6, 6.07) is 7.45. The molecule has 2 aromatic rings. The lowest BCUT2D eigenvalue weighted by molar-refractivity contribution is 0.152. The summed E-state index contributed by atoms with van der Waals surface area (Å²) in [5.41, 5.74) is 0. The van der Waals surface area contributed by atoms with E-state index in [2.05, 4.69) is 30.2 Å². The molecule has 0 saturated carbocycles. The molecule has 1 aliphatic rings. The second kappa shape index (κ2) is 11.4. The molecule has 0 amide bonds. The van der Waals surface area contributed by atoms with Crippen molar-refractivity contribution in [1.82, 2.24) is 25.3 Å². The van der Waals surface area contributed by atoms with Gasteiger partial charge in [0.25, 0.3) is 0 Å². The van der Waals surface area contributed by atoms with Crippen LogP contribution in [0.4, 0.5) is 0 Å². The molecule has 10 heteroatoms. The van der Waals surface area contributed by atoms with Crippen molar-refractivity contribution in [3.8, 4) is 5.75 Å². The number of aryl methyl sites for hydroxylation is 1. The predicted molar refractivity (Wildman–Crippen MR) is 120 cm³/mol. The first-order chi connectivity index (χ1) is 13.1. The average molecular weight is 521 g/mol. The lowest BCUT2D eigenvalue weighted by atomic mass is 10.3. The molecule has 28 heavy (non-hydrogen) atoms. The third-order valence-corrected chi connectivity index (χ3v) is 4.60. The summed E-state index contributed by atoms with van der Waals surface area (Å²) in [5.74, 6) is 2.90. The average Bonchev–Trinajstić information content (AvgIpc) is 3.10. The topological polar surface area (TPSA) is 79.0 Å². The summed E-state index contributed by atoms with van der Waals surface area (Å²) in [5, 5.41) is 7.90. The van der Waals surface area contributed by atoms with E-state index < -0.39 is 0 Å². The number of piperazine rings is 1. The summed E-state index contributed by atoms with van der Waals surface area (Å²) >= 11 is 5.88. The molecule has 3 rings (SSSR count). The van der Waals surface area contributed by atoms with E-state index in [1.54, 1.807) is 14.0 Å². The van der Waals surface area contributed by atoms with Crippen molar-refractivity contribution < 1.29 is 9.26 Å². The molecule has 0 aliphatic carbocycles. The van der Waals surface area contributed by atoms with Crippen molar-refractivity contribution in [2.45, 2.75) is 13.5 Å². The number of nitrogens with zero attached hydrogens (tertiary/aromatic N) is 5. The van der Waals surface area contributed by atoms with E-state index in [4.69, 9.17) is 20.9 Å². The monoisotopic (exact) mass is 520 g/mol. The molecule has 0 unspecified atom stereocenters. The maximum atomic E-state index is 5.88. The minimum atomic E-state index is 0. The van der Waals surface area contributed by atoms with Crippen molar-refractivity contribution >= 4 is 41.5 Å². The lowest BCUT2D eigenvalue weighted by Gasteiger charge is -2.36. The summed E-state index contributed by atoms with van der Waals surface area (Å²) in [7, 11) is 1.79. The molecule has 8 nitrogen and oxygen atoms in total. The van der Waals surface area contributed by atoms with Gasteiger partial charge in [0.2, 0.25) is 5.89 Å². The van der Waals surface area contributed by atoms with E-state index in [-0.39, 0.29) is 24.0 Å². The van der Waals surface area contributed by atoms with E-state index in [0.29, 0.717) is 24.9 Å². The van der Waals surface area contributed by atoms with Gasteiger partial charge in [-0.3, -0.25) is 9.89 Å². The second-order valence-electron chi connectivity index (χ2n) is 6.26. The zero-order valence-corrected chi connectivity index (χ0v) is 19.2. The zero-order valence-electron chi connectivity index (χ0n) is 16.1. The standard InChI is InChI=1S/C18H25ClN6O2.HI/c1-14-22-17(23-27-14)13-21-18(20-2)25-9-7-24(8-10-25)11-12-26-16-5-3-15(19)4-6-16;/h3-6H,7-13H2,1-2H3,(H,20,21);1H. The van der Waals surface area contributed by atoms with Gasteiger partial charge in [-0.05, 0) is 24.3 Å². The highest BCUT2D eigenvalue weighted by Crippen LogP contribution is 2.15. The Morgan fingerprint density at radius 2 is 1.96 bits per heavy atom. The molecule has 154 valence electrons. The van der Waals surface area contributed by atoms with Gasteiger partial charge in [-0.1, -0.05) is 16.8 Å². The SMILES string of the molecule is CN=C(NCc1noc(C)n1)N1CCN(CCOc2ccc(Cl)cc2)CC1.I. The highest BCUT2D eigenvalue weighted by Gasteiger charge is 2.19. The molecule has 1 aliphatic heterocycles. The van der Waals surface area contributed by atoms with Gasteiger partial charge in [-0.25, -0.2) is 0 Å². The number of aliphatic imine (C=N–C) groups is 1. The number of nitrogens with one attached hydrogen (secondary N) is 1. The predicted octanol–water partition coefficient (Wildman–Crippen LogP) is 2.42. The minimum absolute atomic E-state index is 0. The summed E-state index contributed by atoms with van der Waals surface area (Å²) in [6.07, 6.45) is 0. The quantitative estimate of drug-likeness (QED) is 0.356. The number of hydrogen-bond donors (Lipinski definition) is 1. The fourth-order valence-corrected chi connectivity index (χ4v) is 3.04. The molecule has 1 saturated heterocycles. The number of halogens is 2. The van der Waals surface area contributed by atoms with Crippen LogP contribution in [0.3, 0.4) is 0 Å². The number of rotatable bonds is 6. The van der Waals surface area contributed by atoms with Crippen LogP contribution in [0.15, 0.2) is 33.8 Å². The maximum absolute atomic E-state index is 5.88. The number of benzene rings is 1. The Morgan fingerprint density at radius 1 is 1.25 bits per heavy atom. The van der Waals surface area contributed by atoms with Crippen molar-refractivity contribution in [3.63, 3.8) is 0 Å².